The third-order valence-electron chi connectivity index (χ3n) is 2.82. The van der Waals surface area contributed by atoms with E-state index in [0.29, 0.717) is 0 Å². The molecule has 1 aliphatic heterocycles. The summed E-state index contributed by atoms with van der Waals surface area (Å²) in [6.07, 6.45) is -0.387. The molecule has 1 amide bonds. The van der Waals surface area contributed by atoms with Crippen molar-refractivity contribution in [2.75, 3.05) is 0 Å². The van der Waals surface area contributed by atoms with Crippen molar-refractivity contribution in [2.45, 2.75) is 19.4 Å². The van der Waals surface area contributed by atoms with E-state index in [9.17, 15) is 9.90 Å². The molecular weight excluding hydrogens is 204 g/mol. The fourth-order valence-electron chi connectivity index (χ4n) is 1.85. The number of hydrogen-bond acceptors (Lipinski definition) is 3. The SMILES string of the molecule is CC1=NNC(=O)C[C@H]1[C@H](O)c1ccccc1. The molecule has 1 aliphatic rings. The minimum atomic E-state index is -0.670. The average Bonchev–Trinajstić information content (AvgIpc) is 2.32. The molecular formula is C12H14N2O2. The summed E-state index contributed by atoms with van der Waals surface area (Å²) in [5, 5.41) is 14.1. The van der Waals surface area contributed by atoms with E-state index in [1.807, 2.05) is 37.3 Å². The molecule has 0 aliphatic carbocycles. The van der Waals surface area contributed by atoms with Crippen LogP contribution in [0.2, 0.25) is 0 Å². The predicted molar refractivity (Wildman–Crippen MR) is 60.8 cm³/mol. The molecule has 0 fully saturated rings. The van der Waals surface area contributed by atoms with Crippen LogP contribution < -0.4 is 5.43 Å². The van der Waals surface area contributed by atoms with Gasteiger partial charge in [-0.05, 0) is 12.5 Å². The van der Waals surface area contributed by atoms with Crippen LogP contribution >= 0.6 is 0 Å². The lowest BCUT2D eigenvalue weighted by molar-refractivity contribution is -0.122. The lowest BCUT2D eigenvalue weighted by atomic mass is 9.88. The molecule has 0 unspecified atom stereocenters. The normalized spacial score (nSPS) is 22.2. The highest BCUT2D eigenvalue weighted by Gasteiger charge is 2.28. The van der Waals surface area contributed by atoms with Crippen molar-refractivity contribution in [3.63, 3.8) is 0 Å². The molecule has 1 aromatic carbocycles. The van der Waals surface area contributed by atoms with Gasteiger partial charge >= 0.3 is 0 Å². The summed E-state index contributed by atoms with van der Waals surface area (Å²) in [7, 11) is 0. The Morgan fingerprint density at radius 1 is 1.44 bits per heavy atom. The van der Waals surface area contributed by atoms with Gasteiger partial charge in [0, 0.05) is 18.1 Å². The van der Waals surface area contributed by atoms with Gasteiger partial charge < -0.3 is 5.11 Å². The summed E-state index contributed by atoms with van der Waals surface area (Å²) in [5.41, 5.74) is 3.98. The summed E-state index contributed by atoms with van der Waals surface area (Å²) in [5.74, 6) is -0.373. The molecule has 2 rings (SSSR count). The molecule has 1 aromatic rings. The van der Waals surface area contributed by atoms with E-state index < -0.39 is 6.10 Å². The second kappa shape index (κ2) is 4.45. The van der Waals surface area contributed by atoms with Crippen LogP contribution in [0.1, 0.15) is 25.0 Å². The Morgan fingerprint density at radius 3 is 2.81 bits per heavy atom. The number of hydrazone groups is 1. The Kier molecular flexibility index (Phi) is 3.01. The number of rotatable bonds is 2. The summed E-state index contributed by atoms with van der Waals surface area (Å²) in [6.45, 7) is 1.82. The van der Waals surface area contributed by atoms with Crippen LogP contribution in [-0.4, -0.2) is 16.7 Å². The van der Waals surface area contributed by atoms with Gasteiger partial charge in [-0.15, -0.1) is 0 Å². The van der Waals surface area contributed by atoms with Crippen LogP contribution in [0.3, 0.4) is 0 Å². The molecule has 0 saturated carbocycles. The predicted octanol–water partition coefficient (Wildman–Crippen LogP) is 1.23. The number of aliphatic hydroxyl groups excluding tert-OH is 1. The fraction of sp³-hybridized carbons (Fsp3) is 0.333. The first-order valence-corrected chi connectivity index (χ1v) is 5.24. The number of aliphatic hydroxyl groups is 1. The molecule has 16 heavy (non-hydrogen) atoms. The average molecular weight is 218 g/mol. The quantitative estimate of drug-likeness (QED) is 0.784. The van der Waals surface area contributed by atoms with Crippen LogP contribution in [-0.2, 0) is 4.79 Å². The number of carbonyl (C=O) groups is 1. The summed E-state index contributed by atoms with van der Waals surface area (Å²) < 4.78 is 0. The number of benzene rings is 1. The largest absolute Gasteiger partial charge is 0.388 e. The first kappa shape index (κ1) is 10.8. The second-order valence-corrected chi connectivity index (χ2v) is 3.95. The number of amides is 1. The number of nitrogens with one attached hydrogen (secondary N) is 1. The molecule has 4 heteroatoms. The maximum Gasteiger partial charge on any atom is 0.240 e. The Morgan fingerprint density at radius 2 is 2.12 bits per heavy atom. The van der Waals surface area contributed by atoms with Crippen molar-refractivity contribution in [3.05, 3.63) is 35.9 Å². The molecule has 0 spiro atoms. The Balaban J connectivity index is 2.22. The first-order chi connectivity index (χ1) is 7.68. The molecule has 2 N–H and O–H groups in total. The number of hydrogen-bond donors (Lipinski definition) is 2. The van der Waals surface area contributed by atoms with Crippen molar-refractivity contribution < 1.29 is 9.90 Å². The highest BCUT2D eigenvalue weighted by Crippen LogP contribution is 2.27. The molecule has 1 heterocycles. The molecule has 0 saturated heterocycles. The highest BCUT2D eigenvalue weighted by molar-refractivity contribution is 5.93. The third kappa shape index (κ3) is 2.12. The summed E-state index contributed by atoms with van der Waals surface area (Å²) >= 11 is 0. The minimum Gasteiger partial charge on any atom is -0.388 e. The topological polar surface area (TPSA) is 61.7 Å². The van der Waals surface area contributed by atoms with Gasteiger partial charge in [0.15, 0.2) is 0 Å². The molecule has 4 nitrogen and oxygen atoms in total. The van der Waals surface area contributed by atoms with Crippen LogP contribution in [0.15, 0.2) is 35.4 Å². The van der Waals surface area contributed by atoms with Crippen molar-refractivity contribution >= 4 is 11.6 Å². The molecule has 0 bridgehead atoms. The van der Waals surface area contributed by atoms with Crippen molar-refractivity contribution in [3.8, 4) is 0 Å². The van der Waals surface area contributed by atoms with Crippen LogP contribution in [0.25, 0.3) is 0 Å². The van der Waals surface area contributed by atoms with Gasteiger partial charge in [-0.2, -0.15) is 5.10 Å². The summed E-state index contributed by atoms with van der Waals surface area (Å²) in [4.78, 5) is 11.2. The van der Waals surface area contributed by atoms with E-state index in [0.717, 1.165) is 11.3 Å². The van der Waals surface area contributed by atoms with Gasteiger partial charge in [0.25, 0.3) is 0 Å². The molecule has 0 radical (unpaired) electrons. The summed E-state index contributed by atoms with van der Waals surface area (Å²) in [6, 6.07) is 9.33. The number of nitrogens with zero attached hydrogens (tertiary/aromatic N) is 1. The standard InChI is InChI=1S/C12H14N2O2/c1-8-10(7-11(15)14-13-8)12(16)9-5-3-2-4-6-9/h2-6,10,12,16H,7H2,1H3,(H,14,15)/t10-,12-/m1/s1. The van der Waals surface area contributed by atoms with Gasteiger partial charge in [-0.25, -0.2) is 5.43 Å². The van der Waals surface area contributed by atoms with E-state index in [4.69, 9.17) is 0 Å². The zero-order chi connectivity index (χ0) is 11.5. The van der Waals surface area contributed by atoms with Gasteiger partial charge in [0.2, 0.25) is 5.91 Å². The van der Waals surface area contributed by atoms with E-state index in [-0.39, 0.29) is 18.2 Å². The van der Waals surface area contributed by atoms with Crippen molar-refractivity contribution in [2.24, 2.45) is 11.0 Å². The number of carbonyl (C=O) groups excluding carboxylic acids is 1. The van der Waals surface area contributed by atoms with Gasteiger partial charge in [0.05, 0.1) is 6.10 Å². The van der Waals surface area contributed by atoms with Crippen LogP contribution in [0, 0.1) is 5.92 Å². The maximum atomic E-state index is 11.2. The first-order valence-electron chi connectivity index (χ1n) is 5.24. The van der Waals surface area contributed by atoms with E-state index in [1.165, 1.54) is 0 Å². The Labute approximate surface area is 94.0 Å². The van der Waals surface area contributed by atoms with E-state index >= 15 is 0 Å². The van der Waals surface area contributed by atoms with Crippen LogP contribution in [0.4, 0.5) is 0 Å². The second-order valence-electron chi connectivity index (χ2n) is 3.95. The van der Waals surface area contributed by atoms with Gasteiger partial charge in [-0.1, -0.05) is 30.3 Å². The lowest BCUT2D eigenvalue weighted by Gasteiger charge is -2.25. The third-order valence-corrected chi connectivity index (χ3v) is 2.82. The van der Waals surface area contributed by atoms with Crippen molar-refractivity contribution in [1.29, 1.82) is 0 Å². The molecule has 0 aromatic heterocycles. The fourth-order valence-corrected chi connectivity index (χ4v) is 1.85. The maximum absolute atomic E-state index is 11.2. The minimum absolute atomic E-state index is 0.148. The van der Waals surface area contributed by atoms with E-state index in [1.54, 1.807) is 0 Å². The van der Waals surface area contributed by atoms with Crippen molar-refractivity contribution in [1.82, 2.24) is 5.43 Å². The molecule has 2 atom stereocenters. The van der Waals surface area contributed by atoms with E-state index in [2.05, 4.69) is 10.5 Å². The van der Waals surface area contributed by atoms with Gasteiger partial charge in [-0.3, -0.25) is 4.79 Å². The Hall–Kier alpha value is -1.68. The monoisotopic (exact) mass is 218 g/mol. The smallest absolute Gasteiger partial charge is 0.240 e. The zero-order valence-corrected chi connectivity index (χ0v) is 9.05. The highest BCUT2D eigenvalue weighted by atomic mass is 16.3. The Bertz CT molecular complexity index is 414. The lowest BCUT2D eigenvalue weighted by Crippen LogP contribution is -2.34. The molecule has 84 valence electrons. The zero-order valence-electron chi connectivity index (χ0n) is 9.05. The van der Waals surface area contributed by atoms with Gasteiger partial charge in [0.1, 0.15) is 0 Å². The van der Waals surface area contributed by atoms with Crippen LogP contribution in [0.5, 0.6) is 0 Å².